The third kappa shape index (κ3) is 5.23. The number of carbonyl (C=O) groups excluding carboxylic acids is 1. The maximum absolute atomic E-state index is 14.3. The summed E-state index contributed by atoms with van der Waals surface area (Å²) in [5, 5.41) is 0. The van der Waals surface area contributed by atoms with Gasteiger partial charge in [-0.3, -0.25) is 0 Å². The van der Waals surface area contributed by atoms with E-state index in [-0.39, 0.29) is 19.4 Å². The summed E-state index contributed by atoms with van der Waals surface area (Å²) < 4.78 is 91.3. The van der Waals surface area contributed by atoms with Crippen LogP contribution in [0.3, 0.4) is 0 Å². The van der Waals surface area contributed by atoms with Gasteiger partial charge in [0.05, 0.1) is 7.11 Å². The molecule has 0 aromatic rings. The molecule has 0 rings (SSSR count). The van der Waals surface area contributed by atoms with Gasteiger partial charge in [-0.2, -0.15) is 26.3 Å². The van der Waals surface area contributed by atoms with Gasteiger partial charge in [-0.25, -0.2) is 4.79 Å². The Bertz CT molecular complexity index is 374. The molecule has 10 heteroatoms. The molecule has 0 spiro atoms. The molecule has 0 N–H and O–H groups in total. The second-order valence-electron chi connectivity index (χ2n) is 4.72. The fraction of sp³-hybridized carbons (Fsp3) is 0.923. The summed E-state index contributed by atoms with van der Waals surface area (Å²) in [6.07, 6.45) is -6.93. The average Bonchev–Trinajstić information content (AvgIpc) is 2.45. The number of alkyl halides is 6. The predicted octanol–water partition coefficient (Wildman–Crippen LogP) is 3.98. The highest BCUT2D eigenvalue weighted by atomic mass is 19.4. The van der Waals surface area contributed by atoms with Gasteiger partial charge in [-0.05, 0) is 12.8 Å². The molecule has 0 saturated carbocycles. The van der Waals surface area contributed by atoms with Crippen LogP contribution in [0.5, 0.6) is 0 Å². The largest absolute Gasteiger partial charge is 0.465 e. The van der Waals surface area contributed by atoms with Crippen LogP contribution in [-0.4, -0.2) is 43.9 Å². The van der Waals surface area contributed by atoms with Crippen molar-refractivity contribution in [1.29, 1.82) is 0 Å². The minimum absolute atomic E-state index is 0.0456. The predicted molar refractivity (Wildman–Crippen MR) is 67.5 cm³/mol. The Kier molecular flexibility index (Phi) is 8.33. The van der Waals surface area contributed by atoms with Gasteiger partial charge in [0.25, 0.3) is 0 Å². The van der Waals surface area contributed by atoms with E-state index in [4.69, 9.17) is 4.74 Å². The molecular weight excluding hydrogens is 334 g/mol. The molecule has 0 aliphatic rings. The molecule has 0 radical (unpaired) electrons. The Morgan fingerprint density at radius 1 is 1.04 bits per heavy atom. The Labute approximate surface area is 130 Å². The second kappa shape index (κ2) is 8.72. The molecule has 0 amide bonds. The monoisotopic (exact) mass is 354 g/mol. The van der Waals surface area contributed by atoms with Crippen LogP contribution in [0.25, 0.3) is 0 Å². The van der Waals surface area contributed by atoms with E-state index in [0.29, 0.717) is 20.0 Å². The number of unbranched alkanes of at least 4 members (excludes halogenated alkanes) is 1. The highest BCUT2D eigenvalue weighted by Crippen LogP contribution is 2.47. The number of hydrogen-bond donors (Lipinski definition) is 0. The highest BCUT2D eigenvalue weighted by molar-refractivity contribution is 5.79. The Balaban J connectivity index is 5.48. The molecule has 2 unspecified atom stereocenters. The van der Waals surface area contributed by atoms with Gasteiger partial charge >= 0.3 is 23.9 Å². The van der Waals surface area contributed by atoms with Crippen LogP contribution in [0.1, 0.15) is 39.5 Å². The van der Waals surface area contributed by atoms with E-state index in [1.807, 2.05) is 0 Å². The smallest absolute Gasteiger partial charge is 0.460 e. The average molecular weight is 354 g/mol. The second-order valence-corrected chi connectivity index (χ2v) is 4.72. The fourth-order valence-electron chi connectivity index (χ4n) is 1.52. The summed E-state index contributed by atoms with van der Waals surface area (Å²) in [6, 6.07) is 0. The summed E-state index contributed by atoms with van der Waals surface area (Å²) in [5.41, 5.74) is 0. The van der Waals surface area contributed by atoms with Gasteiger partial charge in [0.15, 0.2) is 6.29 Å². The van der Waals surface area contributed by atoms with Crippen molar-refractivity contribution in [3.63, 3.8) is 0 Å². The maximum atomic E-state index is 14.3. The minimum Gasteiger partial charge on any atom is -0.465 e. The molecule has 0 heterocycles. The van der Waals surface area contributed by atoms with Crippen molar-refractivity contribution < 1.29 is 45.3 Å². The van der Waals surface area contributed by atoms with Gasteiger partial charge in [-0.1, -0.05) is 26.7 Å². The molecule has 0 aliphatic heterocycles. The molecule has 0 fully saturated rings. The van der Waals surface area contributed by atoms with Crippen molar-refractivity contribution in [1.82, 2.24) is 0 Å². The molecule has 0 aromatic heterocycles. The first kappa shape index (κ1) is 22.0. The SMILES string of the molecule is CCCCOC(CCC)OC(F)(C(=O)OC)C(F)(F)C(F)(F)F. The van der Waals surface area contributed by atoms with Gasteiger partial charge < -0.3 is 14.2 Å². The van der Waals surface area contributed by atoms with Crippen LogP contribution in [0, 0.1) is 0 Å². The van der Waals surface area contributed by atoms with Crippen molar-refractivity contribution in [3.8, 4) is 0 Å². The standard InChI is InChI=1S/C13H20F6O4/c1-4-6-8-22-9(7-5-2)23-11(14,10(20)21-3)12(15,16)13(17,18)19/h9H,4-8H2,1-3H3. The first-order chi connectivity index (χ1) is 10.5. The first-order valence-corrected chi connectivity index (χ1v) is 6.99. The van der Waals surface area contributed by atoms with Gasteiger partial charge in [0.2, 0.25) is 0 Å². The van der Waals surface area contributed by atoms with Crippen molar-refractivity contribution in [2.24, 2.45) is 0 Å². The molecule has 4 nitrogen and oxygen atoms in total. The van der Waals surface area contributed by atoms with E-state index in [2.05, 4.69) is 9.47 Å². The van der Waals surface area contributed by atoms with Gasteiger partial charge in [-0.15, -0.1) is 0 Å². The molecule has 0 aromatic carbocycles. The Morgan fingerprint density at radius 2 is 1.61 bits per heavy atom. The lowest BCUT2D eigenvalue weighted by Gasteiger charge is -2.34. The van der Waals surface area contributed by atoms with Gasteiger partial charge in [0.1, 0.15) is 0 Å². The van der Waals surface area contributed by atoms with E-state index in [1.165, 1.54) is 0 Å². The van der Waals surface area contributed by atoms with Crippen LogP contribution < -0.4 is 0 Å². The lowest BCUT2D eigenvalue weighted by molar-refractivity contribution is -0.395. The summed E-state index contributed by atoms with van der Waals surface area (Å²) >= 11 is 0. The van der Waals surface area contributed by atoms with E-state index in [0.717, 1.165) is 0 Å². The van der Waals surface area contributed by atoms with Crippen molar-refractivity contribution in [3.05, 3.63) is 0 Å². The summed E-state index contributed by atoms with van der Waals surface area (Å²) in [4.78, 5) is 11.2. The summed E-state index contributed by atoms with van der Waals surface area (Å²) in [6.45, 7) is 3.29. The normalized spacial score (nSPS) is 16.7. The summed E-state index contributed by atoms with van der Waals surface area (Å²) in [7, 11) is 0.471. The van der Waals surface area contributed by atoms with Crippen LogP contribution in [0.2, 0.25) is 0 Å². The third-order valence-corrected chi connectivity index (χ3v) is 2.83. The zero-order valence-corrected chi connectivity index (χ0v) is 13.0. The lowest BCUT2D eigenvalue weighted by Crippen LogP contribution is -2.62. The lowest BCUT2D eigenvalue weighted by atomic mass is 10.1. The Hall–Kier alpha value is -1.03. The van der Waals surface area contributed by atoms with Gasteiger partial charge in [0, 0.05) is 6.61 Å². The first-order valence-electron chi connectivity index (χ1n) is 6.99. The number of carbonyl (C=O) groups is 1. The van der Waals surface area contributed by atoms with E-state index in [1.54, 1.807) is 13.8 Å². The number of hydrogen-bond acceptors (Lipinski definition) is 4. The van der Waals surface area contributed by atoms with E-state index >= 15 is 0 Å². The van der Waals surface area contributed by atoms with Crippen LogP contribution in [0.15, 0.2) is 0 Å². The number of rotatable bonds is 10. The number of halogens is 6. The van der Waals surface area contributed by atoms with E-state index < -0.39 is 30.2 Å². The van der Waals surface area contributed by atoms with Crippen molar-refractivity contribution in [2.45, 2.75) is 63.8 Å². The fourth-order valence-corrected chi connectivity index (χ4v) is 1.52. The molecule has 0 aliphatic carbocycles. The maximum Gasteiger partial charge on any atom is 0.460 e. The van der Waals surface area contributed by atoms with E-state index in [9.17, 15) is 31.1 Å². The highest BCUT2D eigenvalue weighted by Gasteiger charge is 2.77. The molecule has 23 heavy (non-hydrogen) atoms. The molecule has 0 bridgehead atoms. The Morgan fingerprint density at radius 3 is 2.00 bits per heavy atom. The molecule has 0 saturated heterocycles. The van der Waals surface area contributed by atoms with Crippen molar-refractivity contribution >= 4 is 5.97 Å². The molecule has 2 atom stereocenters. The summed E-state index contributed by atoms with van der Waals surface area (Å²) in [5.74, 6) is -13.6. The number of ether oxygens (including phenoxy) is 3. The molecular formula is C13H20F6O4. The van der Waals surface area contributed by atoms with Crippen LogP contribution in [-0.2, 0) is 19.0 Å². The topological polar surface area (TPSA) is 44.8 Å². The molecule has 138 valence electrons. The zero-order valence-electron chi connectivity index (χ0n) is 13.0. The number of esters is 1. The van der Waals surface area contributed by atoms with Crippen LogP contribution in [0.4, 0.5) is 26.3 Å². The zero-order chi connectivity index (χ0) is 18.3. The minimum atomic E-state index is -6.35. The third-order valence-electron chi connectivity index (χ3n) is 2.83. The number of methoxy groups -OCH3 is 1. The quantitative estimate of drug-likeness (QED) is 0.258. The van der Waals surface area contributed by atoms with Crippen LogP contribution >= 0.6 is 0 Å². The van der Waals surface area contributed by atoms with Crippen molar-refractivity contribution in [2.75, 3.05) is 13.7 Å².